The molecule has 0 amide bonds. The molecule has 2 N–H and O–H groups in total. The first-order chi connectivity index (χ1) is 9.24. The smallest absolute Gasteiger partial charge is 0.0354 e. The van der Waals surface area contributed by atoms with Gasteiger partial charge in [0.2, 0.25) is 0 Å². The molecule has 0 fully saturated rings. The van der Waals surface area contributed by atoms with Gasteiger partial charge in [-0.25, -0.2) is 0 Å². The summed E-state index contributed by atoms with van der Waals surface area (Å²) in [6, 6.07) is 17.5. The van der Waals surface area contributed by atoms with Gasteiger partial charge in [-0.3, -0.25) is 4.90 Å². The summed E-state index contributed by atoms with van der Waals surface area (Å²) in [5, 5.41) is 0. The van der Waals surface area contributed by atoms with Crippen molar-refractivity contribution in [3.05, 3.63) is 65.2 Å². The Labute approximate surface area is 114 Å². The van der Waals surface area contributed by atoms with Gasteiger partial charge in [0.25, 0.3) is 0 Å². The highest BCUT2D eigenvalue weighted by Gasteiger charge is 2.25. The van der Waals surface area contributed by atoms with Crippen LogP contribution in [-0.2, 0) is 13.0 Å². The molecule has 2 nitrogen and oxygen atoms in total. The predicted octanol–water partition coefficient (Wildman–Crippen LogP) is 3.39. The van der Waals surface area contributed by atoms with Crippen LogP contribution in [0.15, 0.2) is 48.5 Å². The van der Waals surface area contributed by atoms with Gasteiger partial charge in [0.1, 0.15) is 0 Å². The van der Waals surface area contributed by atoms with Crippen LogP contribution < -0.4 is 5.73 Å². The minimum Gasteiger partial charge on any atom is -0.399 e. The van der Waals surface area contributed by atoms with Crippen molar-refractivity contribution in [3.8, 4) is 0 Å². The van der Waals surface area contributed by atoms with Crippen LogP contribution in [0.5, 0.6) is 0 Å². The van der Waals surface area contributed by atoms with Crippen molar-refractivity contribution in [3.63, 3.8) is 0 Å². The largest absolute Gasteiger partial charge is 0.399 e. The van der Waals surface area contributed by atoms with Gasteiger partial charge in [0, 0.05) is 18.3 Å². The van der Waals surface area contributed by atoms with Crippen molar-refractivity contribution in [2.45, 2.75) is 25.4 Å². The summed E-state index contributed by atoms with van der Waals surface area (Å²) >= 11 is 0. The fraction of sp³-hybridized carbons (Fsp3) is 0.294. The molecular weight excluding hydrogens is 232 g/mol. The third-order valence-electron chi connectivity index (χ3n) is 4.02. The number of nitrogens with two attached hydrogens (primary N) is 1. The van der Waals surface area contributed by atoms with Crippen LogP contribution in [0.3, 0.4) is 0 Å². The first-order valence-electron chi connectivity index (χ1n) is 6.86. The van der Waals surface area contributed by atoms with E-state index in [0.717, 1.165) is 18.7 Å². The standard InChI is InChI=1S/C17H20N2/c1-19(12-13-5-3-2-4-6-13)17-10-7-14-11-15(18)8-9-16(14)17/h2-6,8-9,11,17H,7,10,12,18H2,1H3. The van der Waals surface area contributed by atoms with E-state index >= 15 is 0 Å². The first-order valence-corrected chi connectivity index (χ1v) is 6.86. The highest BCUT2D eigenvalue weighted by molar-refractivity contribution is 5.47. The zero-order chi connectivity index (χ0) is 13.2. The average molecular weight is 252 g/mol. The van der Waals surface area contributed by atoms with Gasteiger partial charge in [0.05, 0.1) is 0 Å². The van der Waals surface area contributed by atoms with E-state index in [9.17, 15) is 0 Å². The van der Waals surface area contributed by atoms with Crippen LogP contribution >= 0.6 is 0 Å². The number of nitrogens with zero attached hydrogens (tertiary/aromatic N) is 1. The normalized spacial score (nSPS) is 17.7. The molecule has 3 rings (SSSR count). The van der Waals surface area contributed by atoms with E-state index in [1.54, 1.807) is 0 Å². The summed E-state index contributed by atoms with van der Waals surface area (Å²) in [5.41, 5.74) is 11.0. The molecule has 0 spiro atoms. The molecule has 0 saturated carbocycles. The molecule has 1 aliphatic rings. The Balaban J connectivity index is 1.78. The third-order valence-corrected chi connectivity index (χ3v) is 4.02. The molecule has 98 valence electrons. The van der Waals surface area contributed by atoms with Crippen LogP contribution in [0.4, 0.5) is 5.69 Å². The van der Waals surface area contributed by atoms with Crippen molar-refractivity contribution in [1.29, 1.82) is 0 Å². The predicted molar refractivity (Wildman–Crippen MR) is 79.8 cm³/mol. The molecule has 0 aromatic heterocycles. The molecule has 19 heavy (non-hydrogen) atoms. The van der Waals surface area contributed by atoms with Crippen LogP contribution in [0, 0.1) is 0 Å². The Morgan fingerprint density at radius 3 is 2.74 bits per heavy atom. The van der Waals surface area contributed by atoms with E-state index in [1.165, 1.54) is 23.1 Å². The molecule has 0 heterocycles. The zero-order valence-electron chi connectivity index (χ0n) is 11.3. The summed E-state index contributed by atoms with van der Waals surface area (Å²) in [7, 11) is 2.21. The maximum atomic E-state index is 5.86. The first kappa shape index (κ1) is 12.2. The van der Waals surface area contributed by atoms with Crippen molar-refractivity contribution in [2.75, 3.05) is 12.8 Å². The van der Waals surface area contributed by atoms with E-state index in [0.29, 0.717) is 6.04 Å². The summed E-state index contributed by atoms with van der Waals surface area (Å²) in [4.78, 5) is 2.44. The lowest BCUT2D eigenvalue weighted by atomic mass is 10.1. The maximum Gasteiger partial charge on any atom is 0.0354 e. The number of anilines is 1. The van der Waals surface area contributed by atoms with Gasteiger partial charge >= 0.3 is 0 Å². The van der Waals surface area contributed by atoms with Crippen LogP contribution in [-0.4, -0.2) is 11.9 Å². The molecule has 0 aliphatic heterocycles. The molecule has 0 radical (unpaired) electrons. The zero-order valence-corrected chi connectivity index (χ0v) is 11.3. The van der Waals surface area contributed by atoms with Crippen molar-refractivity contribution >= 4 is 5.69 Å². The summed E-state index contributed by atoms with van der Waals surface area (Å²) < 4.78 is 0. The lowest BCUT2D eigenvalue weighted by Gasteiger charge is -2.25. The monoisotopic (exact) mass is 252 g/mol. The number of benzene rings is 2. The molecule has 1 aliphatic carbocycles. The van der Waals surface area contributed by atoms with E-state index in [2.05, 4.69) is 54.4 Å². The number of fused-ring (bicyclic) bond motifs is 1. The van der Waals surface area contributed by atoms with E-state index in [4.69, 9.17) is 5.73 Å². The lowest BCUT2D eigenvalue weighted by Crippen LogP contribution is -2.22. The molecule has 2 aromatic carbocycles. The topological polar surface area (TPSA) is 29.3 Å². The van der Waals surface area contributed by atoms with E-state index in [1.807, 2.05) is 6.07 Å². The summed E-state index contributed by atoms with van der Waals surface area (Å²) in [5.74, 6) is 0. The maximum absolute atomic E-state index is 5.86. The van der Waals surface area contributed by atoms with Gasteiger partial charge in [-0.2, -0.15) is 0 Å². The van der Waals surface area contributed by atoms with Gasteiger partial charge in [0.15, 0.2) is 0 Å². The van der Waals surface area contributed by atoms with Gasteiger partial charge < -0.3 is 5.73 Å². The highest BCUT2D eigenvalue weighted by atomic mass is 15.1. The molecular formula is C17H20N2. The molecule has 1 unspecified atom stereocenters. The van der Waals surface area contributed by atoms with Crippen LogP contribution in [0.2, 0.25) is 0 Å². The second-order valence-electron chi connectivity index (χ2n) is 5.41. The van der Waals surface area contributed by atoms with Crippen molar-refractivity contribution < 1.29 is 0 Å². The highest BCUT2D eigenvalue weighted by Crippen LogP contribution is 2.36. The third kappa shape index (κ3) is 2.49. The number of rotatable bonds is 3. The number of hydrogen-bond donors (Lipinski definition) is 1. The number of aryl methyl sites for hydroxylation is 1. The lowest BCUT2D eigenvalue weighted by molar-refractivity contribution is 0.236. The Morgan fingerprint density at radius 2 is 1.95 bits per heavy atom. The Bertz CT molecular complexity index is 563. The van der Waals surface area contributed by atoms with E-state index < -0.39 is 0 Å². The molecule has 2 heteroatoms. The van der Waals surface area contributed by atoms with Crippen LogP contribution in [0.1, 0.15) is 29.2 Å². The van der Waals surface area contributed by atoms with Gasteiger partial charge in [-0.1, -0.05) is 36.4 Å². The summed E-state index contributed by atoms with van der Waals surface area (Å²) in [6.45, 7) is 0.995. The van der Waals surface area contributed by atoms with Crippen molar-refractivity contribution in [1.82, 2.24) is 4.90 Å². The average Bonchev–Trinajstić information content (AvgIpc) is 2.82. The summed E-state index contributed by atoms with van der Waals surface area (Å²) in [6.07, 6.45) is 2.34. The van der Waals surface area contributed by atoms with E-state index in [-0.39, 0.29) is 0 Å². The number of hydrogen-bond acceptors (Lipinski definition) is 2. The van der Waals surface area contributed by atoms with Crippen molar-refractivity contribution in [2.24, 2.45) is 0 Å². The molecule has 1 atom stereocenters. The SMILES string of the molecule is CN(Cc1ccccc1)C1CCc2cc(N)ccc21. The fourth-order valence-electron chi connectivity index (χ4n) is 3.05. The minimum absolute atomic E-state index is 0.524. The van der Waals surface area contributed by atoms with Crippen LogP contribution in [0.25, 0.3) is 0 Å². The molecule has 0 saturated heterocycles. The van der Waals surface area contributed by atoms with Gasteiger partial charge in [-0.15, -0.1) is 0 Å². The molecule has 2 aromatic rings. The molecule has 0 bridgehead atoms. The second-order valence-corrected chi connectivity index (χ2v) is 5.41. The fourth-order valence-corrected chi connectivity index (χ4v) is 3.05. The van der Waals surface area contributed by atoms with Gasteiger partial charge in [-0.05, 0) is 48.7 Å². The Morgan fingerprint density at radius 1 is 1.16 bits per heavy atom. The minimum atomic E-state index is 0.524. The quantitative estimate of drug-likeness (QED) is 0.848. The Kier molecular flexibility index (Phi) is 3.26. The Hall–Kier alpha value is -1.80. The second kappa shape index (κ2) is 5.06. The number of nitrogen functional groups attached to an aromatic ring is 1.